The van der Waals surface area contributed by atoms with Crippen molar-refractivity contribution in [1.82, 2.24) is 10.2 Å². The van der Waals surface area contributed by atoms with Gasteiger partial charge in [0, 0.05) is 10.9 Å². The van der Waals surface area contributed by atoms with Crippen LogP contribution >= 0.6 is 15.9 Å². The summed E-state index contributed by atoms with van der Waals surface area (Å²) >= 11 is 3.25. The van der Waals surface area contributed by atoms with Gasteiger partial charge in [0.1, 0.15) is 5.82 Å². The molecule has 8 heavy (non-hydrogen) atoms. The largest absolute Gasteiger partial charge is 0.384 e. The zero-order valence-corrected chi connectivity index (χ0v) is 5.77. The lowest BCUT2D eigenvalue weighted by molar-refractivity contribution is 1.10. The van der Waals surface area contributed by atoms with Gasteiger partial charge in [-0.1, -0.05) is 15.9 Å². The highest BCUT2D eigenvalue weighted by atomic mass is 79.9. The predicted octanol–water partition coefficient (Wildman–Crippen LogP) is 0.887. The van der Waals surface area contributed by atoms with Crippen molar-refractivity contribution in [3.63, 3.8) is 0 Å². The molecule has 0 aromatic carbocycles. The third kappa shape index (κ3) is 0.838. The van der Waals surface area contributed by atoms with Crippen molar-refractivity contribution >= 4 is 21.7 Å². The van der Waals surface area contributed by atoms with Gasteiger partial charge < -0.3 is 5.73 Å². The number of hydrogen-bond donors (Lipinski definition) is 2. The fraction of sp³-hybridized carbons (Fsp3) is 0.250. The van der Waals surface area contributed by atoms with Crippen molar-refractivity contribution in [2.24, 2.45) is 0 Å². The molecular formula is C4H6BrN3. The topological polar surface area (TPSA) is 54.7 Å². The van der Waals surface area contributed by atoms with Crippen LogP contribution in [0, 0.1) is 0 Å². The van der Waals surface area contributed by atoms with E-state index in [9.17, 15) is 0 Å². The maximum Gasteiger partial charge on any atom is 0.122 e. The number of anilines is 1. The Bertz CT molecular complexity index is 172. The van der Waals surface area contributed by atoms with Crippen molar-refractivity contribution in [2.75, 3.05) is 5.73 Å². The summed E-state index contributed by atoms with van der Waals surface area (Å²) in [7, 11) is 0. The molecule has 1 aromatic heterocycles. The molecule has 0 saturated heterocycles. The molecule has 0 spiro atoms. The molecule has 0 saturated carbocycles. The van der Waals surface area contributed by atoms with Crippen LogP contribution in [0.5, 0.6) is 0 Å². The number of rotatable bonds is 1. The molecule has 0 aliphatic rings. The fourth-order valence-electron chi connectivity index (χ4n) is 0.428. The summed E-state index contributed by atoms with van der Waals surface area (Å²) in [6, 6.07) is 0. The van der Waals surface area contributed by atoms with E-state index in [4.69, 9.17) is 5.73 Å². The van der Waals surface area contributed by atoms with Gasteiger partial charge in [0.15, 0.2) is 0 Å². The van der Waals surface area contributed by atoms with Crippen molar-refractivity contribution in [2.45, 2.75) is 5.33 Å². The van der Waals surface area contributed by atoms with Gasteiger partial charge in [-0.2, -0.15) is 5.10 Å². The SMILES string of the molecule is Nc1[nH]ncc1CBr. The second-order valence-corrected chi connectivity index (χ2v) is 2.00. The summed E-state index contributed by atoms with van der Waals surface area (Å²) in [6.45, 7) is 0. The molecule has 3 nitrogen and oxygen atoms in total. The maximum absolute atomic E-state index is 5.40. The first kappa shape index (κ1) is 5.62. The summed E-state index contributed by atoms with van der Waals surface area (Å²) < 4.78 is 0. The fourth-order valence-corrected chi connectivity index (χ4v) is 0.874. The average Bonchev–Trinajstić information content (AvgIpc) is 2.14. The molecule has 0 amide bonds. The van der Waals surface area contributed by atoms with Gasteiger partial charge in [-0.3, -0.25) is 5.10 Å². The number of nitrogens with one attached hydrogen (secondary N) is 1. The van der Waals surface area contributed by atoms with Crippen LogP contribution in [0.2, 0.25) is 0 Å². The summed E-state index contributed by atoms with van der Waals surface area (Å²) in [5.74, 6) is 0.641. The highest BCUT2D eigenvalue weighted by Crippen LogP contribution is 2.08. The third-order valence-electron chi connectivity index (χ3n) is 0.895. The van der Waals surface area contributed by atoms with Crippen LogP contribution in [-0.4, -0.2) is 10.2 Å². The molecule has 0 atom stereocenters. The average molecular weight is 176 g/mol. The molecule has 1 heterocycles. The van der Waals surface area contributed by atoms with Crippen molar-refractivity contribution < 1.29 is 0 Å². The van der Waals surface area contributed by atoms with Crippen molar-refractivity contribution in [3.05, 3.63) is 11.8 Å². The number of nitrogens with two attached hydrogens (primary N) is 1. The molecular weight excluding hydrogens is 170 g/mol. The number of nitrogens with zero attached hydrogens (tertiary/aromatic N) is 1. The predicted molar refractivity (Wildman–Crippen MR) is 35.6 cm³/mol. The van der Waals surface area contributed by atoms with E-state index in [0.717, 1.165) is 10.9 Å². The van der Waals surface area contributed by atoms with E-state index in [1.54, 1.807) is 6.20 Å². The zero-order chi connectivity index (χ0) is 5.98. The van der Waals surface area contributed by atoms with E-state index in [2.05, 4.69) is 26.1 Å². The first-order valence-electron chi connectivity index (χ1n) is 2.18. The standard InChI is InChI=1S/C4H6BrN3/c5-1-3-2-7-8-4(3)6/h2H,1H2,(H3,6,7,8). The first-order chi connectivity index (χ1) is 3.84. The van der Waals surface area contributed by atoms with Crippen LogP contribution in [0.4, 0.5) is 5.82 Å². The van der Waals surface area contributed by atoms with Gasteiger partial charge >= 0.3 is 0 Å². The number of alkyl halides is 1. The highest BCUT2D eigenvalue weighted by Gasteiger charge is 1.95. The number of hydrogen-bond acceptors (Lipinski definition) is 2. The van der Waals surface area contributed by atoms with Crippen LogP contribution in [0.25, 0.3) is 0 Å². The highest BCUT2D eigenvalue weighted by molar-refractivity contribution is 9.08. The molecule has 0 unspecified atom stereocenters. The lowest BCUT2D eigenvalue weighted by Crippen LogP contribution is -1.87. The van der Waals surface area contributed by atoms with E-state index in [0.29, 0.717) is 5.82 Å². The molecule has 0 aliphatic heterocycles. The molecule has 0 radical (unpaired) electrons. The van der Waals surface area contributed by atoms with Gasteiger partial charge in [-0.25, -0.2) is 0 Å². The van der Waals surface area contributed by atoms with Gasteiger partial charge in [-0.05, 0) is 0 Å². The Morgan fingerprint density at radius 2 is 2.62 bits per heavy atom. The zero-order valence-electron chi connectivity index (χ0n) is 4.19. The second-order valence-electron chi connectivity index (χ2n) is 1.44. The third-order valence-corrected chi connectivity index (χ3v) is 1.50. The number of aromatic nitrogens is 2. The molecule has 1 aromatic rings. The van der Waals surface area contributed by atoms with Gasteiger partial charge in [0.25, 0.3) is 0 Å². The number of aromatic amines is 1. The van der Waals surface area contributed by atoms with Crippen molar-refractivity contribution in [3.8, 4) is 0 Å². The number of H-pyrrole nitrogens is 1. The molecule has 4 heteroatoms. The van der Waals surface area contributed by atoms with Crippen LogP contribution in [0.1, 0.15) is 5.56 Å². The van der Waals surface area contributed by atoms with E-state index in [-0.39, 0.29) is 0 Å². The van der Waals surface area contributed by atoms with Gasteiger partial charge in [0.05, 0.1) is 6.20 Å². The Kier molecular flexibility index (Phi) is 1.53. The quantitative estimate of drug-likeness (QED) is 0.624. The molecule has 0 aliphatic carbocycles. The molecule has 44 valence electrons. The molecule has 0 fully saturated rings. The van der Waals surface area contributed by atoms with Crippen LogP contribution in [0.15, 0.2) is 6.20 Å². The summed E-state index contributed by atoms with van der Waals surface area (Å²) in [4.78, 5) is 0. The minimum absolute atomic E-state index is 0.641. The Morgan fingerprint density at radius 1 is 1.88 bits per heavy atom. The Morgan fingerprint density at radius 3 is 2.88 bits per heavy atom. The molecule has 1 rings (SSSR count). The van der Waals surface area contributed by atoms with Crippen LogP contribution in [-0.2, 0) is 5.33 Å². The Balaban J connectivity index is 2.92. The second kappa shape index (κ2) is 2.17. The molecule has 3 N–H and O–H groups in total. The monoisotopic (exact) mass is 175 g/mol. The summed E-state index contributed by atoms with van der Waals surface area (Å²) in [5.41, 5.74) is 6.41. The normalized spacial score (nSPS) is 9.62. The molecule has 0 bridgehead atoms. The van der Waals surface area contributed by atoms with E-state index in [1.165, 1.54) is 0 Å². The number of nitrogen functional groups attached to an aromatic ring is 1. The number of halogens is 1. The lowest BCUT2D eigenvalue weighted by Gasteiger charge is -1.85. The lowest BCUT2D eigenvalue weighted by atomic mass is 10.4. The van der Waals surface area contributed by atoms with E-state index in [1.807, 2.05) is 0 Å². The van der Waals surface area contributed by atoms with Gasteiger partial charge in [0.2, 0.25) is 0 Å². The van der Waals surface area contributed by atoms with E-state index >= 15 is 0 Å². The Labute approximate surface area is 55.4 Å². The van der Waals surface area contributed by atoms with Crippen LogP contribution in [0.3, 0.4) is 0 Å². The first-order valence-corrected chi connectivity index (χ1v) is 3.30. The minimum Gasteiger partial charge on any atom is -0.384 e. The summed E-state index contributed by atoms with van der Waals surface area (Å²) in [5, 5.41) is 7.09. The smallest absolute Gasteiger partial charge is 0.122 e. The summed E-state index contributed by atoms with van der Waals surface area (Å²) in [6.07, 6.45) is 1.70. The Hall–Kier alpha value is -0.510. The van der Waals surface area contributed by atoms with E-state index < -0.39 is 0 Å². The maximum atomic E-state index is 5.40. The minimum atomic E-state index is 0.641. The van der Waals surface area contributed by atoms with Crippen molar-refractivity contribution in [1.29, 1.82) is 0 Å². The van der Waals surface area contributed by atoms with Crippen LogP contribution < -0.4 is 5.73 Å². The van der Waals surface area contributed by atoms with Gasteiger partial charge in [-0.15, -0.1) is 0 Å².